The second kappa shape index (κ2) is 6.93. The summed E-state index contributed by atoms with van der Waals surface area (Å²) in [6.45, 7) is 0.625. The minimum absolute atomic E-state index is 0.0112. The molecule has 1 N–H and O–H groups in total. The Hall–Kier alpha value is -1.57. The highest BCUT2D eigenvalue weighted by molar-refractivity contribution is 7.98. The Balaban J connectivity index is 1.98. The highest BCUT2D eigenvalue weighted by Crippen LogP contribution is 2.23. The van der Waals surface area contributed by atoms with Crippen LogP contribution in [0.5, 0.6) is 0 Å². The predicted octanol–water partition coefficient (Wildman–Crippen LogP) is 2.67. The molecule has 2 heterocycles. The molecule has 1 atom stereocenters. The summed E-state index contributed by atoms with van der Waals surface area (Å²) >= 11 is 0.420. The molecule has 0 unspecified atom stereocenters. The third kappa shape index (κ3) is 4.20. The number of nitrogens with zero attached hydrogens (tertiary/aromatic N) is 1. The van der Waals surface area contributed by atoms with Gasteiger partial charge < -0.3 is 14.4 Å². The van der Waals surface area contributed by atoms with Crippen molar-refractivity contribution >= 4 is 23.6 Å². The number of rotatable bonds is 5. The Bertz CT molecular complexity index is 520. The van der Waals surface area contributed by atoms with E-state index in [1.165, 1.54) is 17.0 Å². The second-order valence-corrected chi connectivity index (χ2v) is 5.74. The third-order valence-corrected chi connectivity index (χ3v) is 3.99. The quantitative estimate of drug-likeness (QED) is 0.903. The number of likely N-dealkylation sites (tertiary alicyclic amines) is 1. The average molecular weight is 319 g/mol. The molecule has 1 aliphatic rings. The van der Waals surface area contributed by atoms with Gasteiger partial charge in [0.05, 0.1) is 11.7 Å². The Kier molecular flexibility index (Phi) is 5.22. The number of halogens is 2. The average Bonchev–Trinajstić information content (AvgIpc) is 2.93. The third-order valence-electron chi connectivity index (χ3n) is 3.28. The molecule has 0 radical (unpaired) electrons. The van der Waals surface area contributed by atoms with Gasteiger partial charge in [-0.25, -0.2) is 0 Å². The zero-order valence-corrected chi connectivity index (χ0v) is 11.9. The zero-order valence-electron chi connectivity index (χ0n) is 11.1. The van der Waals surface area contributed by atoms with E-state index in [0.717, 1.165) is 0 Å². The van der Waals surface area contributed by atoms with Crippen LogP contribution < -0.4 is 0 Å². The Labute approximate surface area is 124 Å². The van der Waals surface area contributed by atoms with E-state index < -0.39 is 23.6 Å². The smallest absolute Gasteiger partial charge is 0.308 e. The van der Waals surface area contributed by atoms with Crippen LogP contribution in [0, 0.1) is 5.92 Å². The first-order chi connectivity index (χ1) is 9.97. The van der Waals surface area contributed by atoms with Gasteiger partial charge in [-0.15, -0.1) is 0 Å². The Morgan fingerprint density at radius 1 is 1.48 bits per heavy atom. The van der Waals surface area contributed by atoms with Gasteiger partial charge >= 0.3 is 5.97 Å². The van der Waals surface area contributed by atoms with E-state index in [1.807, 2.05) is 0 Å². The predicted molar refractivity (Wildman–Crippen MR) is 72.3 cm³/mol. The van der Waals surface area contributed by atoms with E-state index >= 15 is 0 Å². The number of carboxylic acids is 1. The number of hydrogen-bond acceptors (Lipinski definition) is 4. The van der Waals surface area contributed by atoms with Crippen molar-refractivity contribution in [2.45, 2.75) is 24.4 Å². The van der Waals surface area contributed by atoms with E-state index in [4.69, 9.17) is 9.52 Å². The molecule has 1 aliphatic heterocycles. The number of furan rings is 1. The lowest BCUT2D eigenvalue weighted by molar-refractivity contribution is -0.143. The summed E-state index contributed by atoms with van der Waals surface area (Å²) in [6.07, 6.45) is 1.17. The second-order valence-electron chi connectivity index (χ2n) is 4.77. The van der Waals surface area contributed by atoms with Crippen LogP contribution in [-0.4, -0.2) is 40.7 Å². The van der Waals surface area contributed by atoms with Crippen LogP contribution in [0.15, 0.2) is 16.5 Å². The maximum atomic E-state index is 12.2. The molecule has 5 nitrogen and oxygen atoms in total. The summed E-state index contributed by atoms with van der Waals surface area (Å²) < 4.78 is 29.4. The van der Waals surface area contributed by atoms with Crippen LogP contribution in [0.2, 0.25) is 0 Å². The van der Waals surface area contributed by atoms with Gasteiger partial charge in [-0.3, -0.25) is 9.59 Å². The topological polar surface area (TPSA) is 70.8 Å². The summed E-state index contributed by atoms with van der Waals surface area (Å²) in [5.41, 5.74) is 0. The number of carbonyl (C=O) groups is 2. The Morgan fingerprint density at radius 2 is 2.24 bits per heavy atom. The molecule has 1 aromatic rings. The summed E-state index contributed by atoms with van der Waals surface area (Å²) in [7, 11) is 0. The largest absolute Gasteiger partial charge is 0.481 e. The molecule has 0 saturated carbocycles. The van der Waals surface area contributed by atoms with Crippen molar-refractivity contribution < 1.29 is 27.9 Å². The minimum Gasteiger partial charge on any atom is -0.481 e. The van der Waals surface area contributed by atoms with Crippen LogP contribution in [0.3, 0.4) is 0 Å². The first-order valence-electron chi connectivity index (χ1n) is 6.48. The number of piperidine rings is 1. The summed E-state index contributed by atoms with van der Waals surface area (Å²) in [4.78, 5) is 24.6. The van der Waals surface area contributed by atoms with Crippen molar-refractivity contribution in [3.63, 3.8) is 0 Å². The number of carboxylic acid groups (broad SMARTS) is 1. The lowest BCUT2D eigenvalue weighted by atomic mass is 9.98. The van der Waals surface area contributed by atoms with Crippen LogP contribution >= 0.6 is 11.8 Å². The van der Waals surface area contributed by atoms with E-state index in [-0.39, 0.29) is 18.1 Å². The maximum Gasteiger partial charge on any atom is 0.308 e. The van der Waals surface area contributed by atoms with Gasteiger partial charge in [0.2, 0.25) is 0 Å². The van der Waals surface area contributed by atoms with Gasteiger partial charge in [0.1, 0.15) is 5.76 Å². The van der Waals surface area contributed by atoms with Crippen molar-refractivity contribution in [3.05, 3.63) is 23.7 Å². The zero-order chi connectivity index (χ0) is 15.4. The molecule has 0 aromatic carbocycles. The molecule has 1 fully saturated rings. The van der Waals surface area contributed by atoms with Gasteiger partial charge in [-0.2, -0.15) is 8.78 Å². The summed E-state index contributed by atoms with van der Waals surface area (Å²) in [5, 5.41) is 9.00. The van der Waals surface area contributed by atoms with Crippen molar-refractivity contribution in [1.82, 2.24) is 4.90 Å². The SMILES string of the molecule is O=C(O)[C@H]1CCCN(C(=O)c2ccc(CSC(F)F)o2)C1. The molecule has 0 spiro atoms. The van der Waals surface area contributed by atoms with Crippen molar-refractivity contribution in [3.8, 4) is 0 Å². The minimum atomic E-state index is -2.49. The van der Waals surface area contributed by atoms with Crippen LogP contribution in [0.25, 0.3) is 0 Å². The van der Waals surface area contributed by atoms with Crippen LogP contribution in [0.1, 0.15) is 29.2 Å². The number of aliphatic carboxylic acids is 1. The molecule has 0 bridgehead atoms. The molecular weight excluding hydrogens is 304 g/mol. The lowest BCUT2D eigenvalue weighted by Crippen LogP contribution is -2.42. The normalized spacial score (nSPS) is 19.0. The number of alkyl halides is 2. The van der Waals surface area contributed by atoms with Crippen molar-refractivity contribution in [2.24, 2.45) is 5.92 Å². The molecule has 21 heavy (non-hydrogen) atoms. The fourth-order valence-corrected chi connectivity index (χ4v) is 2.68. The monoisotopic (exact) mass is 319 g/mol. The number of thioether (sulfide) groups is 1. The molecule has 2 rings (SSSR count). The molecule has 116 valence electrons. The molecule has 1 aromatic heterocycles. The fourth-order valence-electron chi connectivity index (χ4n) is 2.23. The van der Waals surface area contributed by atoms with Gasteiger partial charge in [-0.05, 0) is 25.0 Å². The van der Waals surface area contributed by atoms with Gasteiger partial charge in [0, 0.05) is 13.1 Å². The van der Waals surface area contributed by atoms with Gasteiger partial charge in [0.25, 0.3) is 11.7 Å². The van der Waals surface area contributed by atoms with E-state index in [1.54, 1.807) is 0 Å². The van der Waals surface area contributed by atoms with E-state index in [0.29, 0.717) is 36.9 Å². The fraction of sp³-hybridized carbons (Fsp3) is 0.538. The summed E-state index contributed by atoms with van der Waals surface area (Å²) in [5.74, 6) is -4.02. The molecule has 8 heteroatoms. The highest BCUT2D eigenvalue weighted by atomic mass is 32.2. The van der Waals surface area contributed by atoms with Crippen molar-refractivity contribution in [1.29, 1.82) is 0 Å². The van der Waals surface area contributed by atoms with Gasteiger partial charge in [-0.1, -0.05) is 11.8 Å². The molecule has 1 saturated heterocycles. The van der Waals surface area contributed by atoms with Crippen molar-refractivity contribution in [2.75, 3.05) is 13.1 Å². The molecular formula is C13H15F2NO4S. The number of amides is 1. The number of hydrogen-bond donors (Lipinski definition) is 1. The highest BCUT2D eigenvalue weighted by Gasteiger charge is 2.29. The van der Waals surface area contributed by atoms with E-state index in [2.05, 4.69) is 0 Å². The first kappa shape index (κ1) is 15.8. The van der Waals surface area contributed by atoms with Crippen LogP contribution in [-0.2, 0) is 10.5 Å². The number of carbonyl (C=O) groups excluding carboxylic acids is 1. The van der Waals surface area contributed by atoms with Gasteiger partial charge in [0.15, 0.2) is 5.76 Å². The molecule has 1 amide bonds. The standard InChI is InChI=1S/C13H15F2NO4S/c14-13(15)21-7-9-3-4-10(20-9)11(17)16-5-1-2-8(6-16)12(18)19/h3-4,8,13H,1-2,5-7H2,(H,18,19)/t8-/m0/s1. The maximum absolute atomic E-state index is 12.2. The first-order valence-corrected chi connectivity index (χ1v) is 7.53. The lowest BCUT2D eigenvalue weighted by Gasteiger charge is -2.29. The Morgan fingerprint density at radius 3 is 2.90 bits per heavy atom. The van der Waals surface area contributed by atoms with Crippen LogP contribution in [0.4, 0.5) is 8.78 Å². The summed E-state index contributed by atoms with van der Waals surface area (Å²) in [6, 6.07) is 2.93. The molecule has 0 aliphatic carbocycles. The van der Waals surface area contributed by atoms with E-state index in [9.17, 15) is 18.4 Å².